The number of nitrogens with two attached hydrogens (primary N) is 1. The molecule has 1 aromatic heterocycles. The van der Waals surface area contributed by atoms with E-state index in [0.29, 0.717) is 5.02 Å². The topological polar surface area (TPSA) is 38.9 Å². The van der Waals surface area contributed by atoms with Gasteiger partial charge in [0.05, 0.1) is 10.5 Å². The molecule has 3 heteroatoms. The first-order chi connectivity index (χ1) is 7.63. The maximum Gasteiger partial charge on any atom is 0.0914 e. The van der Waals surface area contributed by atoms with Gasteiger partial charge in [-0.15, -0.1) is 0 Å². The fraction of sp³-hybridized carbons (Fsp3) is 0.308. The molecule has 0 radical (unpaired) electrons. The molecule has 1 aromatic carbocycles. The van der Waals surface area contributed by atoms with Crippen LogP contribution in [0.3, 0.4) is 0 Å². The summed E-state index contributed by atoms with van der Waals surface area (Å²) >= 11 is 6.16. The van der Waals surface area contributed by atoms with Crippen LogP contribution in [0.4, 0.5) is 5.69 Å². The van der Waals surface area contributed by atoms with Gasteiger partial charge in [0.1, 0.15) is 0 Å². The van der Waals surface area contributed by atoms with Crippen LogP contribution in [0.2, 0.25) is 5.02 Å². The summed E-state index contributed by atoms with van der Waals surface area (Å²) in [6.45, 7) is 4.15. The maximum atomic E-state index is 6.16. The van der Waals surface area contributed by atoms with E-state index in [1.54, 1.807) is 0 Å². The fourth-order valence-electron chi connectivity index (χ4n) is 1.95. The molecule has 0 unspecified atom stereocenters. The summed E-state index contributed by atoms with van der Waals surface area (Å²) in [6, 6.07) is 5.80. The highest BCUT2D eigenvalue weighted by Gasteiger charge is 2.08. The molecule has 0 bridgehead atoms. The Morgan fingerprint density at radius 3 is 2.81 bits per heavy atom. The number of nitrogen functional groups attached to an aromatic ring is 1. The van der Waals surface area contributed by atoms with Gasteiger partial charge in [0, 0.05) is 16.8 Å². The number of rotatable bonds is 2. The number of aromatic nitrogens is 1. The van der Waals surface area contributed by atoms with Gasteiger partial charge in [-0.1, -0.05) is 31.0 Å². The number of halogens is 1. The molecule has 1 heterocycles. The minimum atomic E-state index is 0.672. The van der Waals surface area contributed by atoms with Crippen molar-refractivity contribution in [2.24, 2.45) is 0 Å². The molecule has 0 aliphatic rings. The standard InChI is InChI=1S/C13H15ClN2/c1-3-4-9-7-11(15)12-8(2)5-6-10(14)13(12)16-9/h5-7H,3-4H2,1-2H3,(H2,15,16). The van der Waals surface area contributed by atoms with Crippen molar-refractivity contribution < 1.29 is 0 Å². The summed E-state index contributed by atoms with van der Waals surface area (Å²) in [4.78, 5) is 4.57. The lowest BCUT2D eigenvalue weighted by atomic mass is 10.1. The molecule has 0 atom stereocenters. The summed E-state index contributed by atoms with van der Waals surface area (Å²) in [5, 5.41) is 1.65. The van der Waals surface area contributed by atoms with Gasteiger partial charge in [-0.3, -0.25) is 4.98 Å². The Morgan fingerprint density at radius 2 is 2.12 bits per heavy atom. The molecule has 0 amide bonds. The minimum Gasteiger partial charge on any atom is -0.398 e. The van der Waals surface area contributed by atoms with Crippen LogP contribution in [0.15, 0.2) is 18.2 Å². The van der Waals surface area contributed by atoms with Gasteiger partial charge in [0.25, 0.3) is 0 Å². The van der Waals surface area contributed by atoms with Gasteiger partial charge >= 0.3 is 0 Å². The molecule has 16 heavy (non-hydrogen) atoms. The monoisotopic (exact) mass is 234 g/mol. The number of benzene rings is 1. The lowest BCUT2D eigenvalue weighted by molar-refractivity contribution is 0.890. The smallest absolute Gasteiger partial charge is 0.0914 e. The zero-order valence-electron chi connectivity index (χ0n) is 9.55. The van der Waals surface area contributed by atoms with Crippen molar-refractivity contribution >= 4 is 28.2 Å². The van der Waals surface area contributed by atoms with Crippen molar-refractivity contribution in [1.82, 2.24) is 4.98 Å². The number of hydrogen-bond acceptors (Lipinski definition) is 2. The Morgan fingerprint density at radius 1 is 1.38 bits per heavy atom. The average Bonchev–Trinajstić information content (AvgIpc) is 2.23. The quantitative estimate of drug-likeness (QED) is 0.860. The normalized spacial score (nSPS) is 10.9. The molecule has 2 nitrogen and oxygen atoms in total. The highest BCUT2D eigenvalue weighted by Crippen LogP contribution is 2.29. The molecule has 0 spiro atoms. The van der Waals surface area contributed by atoms with Gasteiger partial charge in [-0.2, -0.15) is 0 Å². The summed E-state index contributed by atoms with van der Waals surface area (Å²) in [7, 11) is 0. The highest BCUT2D eigenvalue weighted by molar-refractivity contribution is 6.35. The van der Waals surface area contributed by atoms with E-state index in [1.165, 1.54) is 0 Å². The van der Waals surface area contributed by atoms with Crippen molar-refractivity contribution in [1.29, 1.82) is 0 Å². The molecule has 0 saturated heterocycles. The van der Waals surface area contributed by atoms with E-state index in [1.807, 2.05) is 25.1 Å². The summed E-state index contributed by atoms with van der Waals surface area (Å²) in [6.07, 6.45) is 1.99. The second-order valence-electron chi connectivity index (χ2n) is 4.04. The third-order valence-corrected chi connectivity index (χ3v) is 3.01. The van der Waals surface area contributed by atoms with Gasteiger partial charge in [-0.05, 0) is 31.0 Å². The molecule has 0 aliphatic heterocycles. The number of anilines is 1. The van der Waals surface area contributed by atoms with Crippen LogP contribution < -0.4 is 5.73 Å². The van der Waals surface area contributed by atoms with Gasteiger partial charge < -0.3 is 5.73 Å². The molecule has 0 saturated carbocycles. The van der Waals surface area contributed by atoms with Crippen molar-refractivity contribution in [2.45, 2.75) is 26.7 Å². The summed E-state index contributed by atoms with van der Waals surface area (Å²) in [5.41, 5.74) is 9.79. The maximum absolute atomic E-state index is 6.16. The van der Waals surface area contributed by atoms with Crippen LogP contribution in [-0.4, -0.2) is 4.98 Å². The van der Waals surface area contributed by atoms with Gasteiger partial charge in [-0.25, -0.2) is 0 Å². The summed E-state index contributed by atoms with van der Waals surface area (Å²) in [5.74, 6) is 0. The van der Waals surface area contributed by atoms with Crippen molar-refractivity contribution in [3.8, 4) is 0 Å². The zero-order valence-corrected chi connectivity index (χ0v) is 10.3. The second-order valence-corrected chi connectivity index (χ2v) is 4.45. The molecule has 2 N–H and O–H groups in total. The van der Waals surface area contributed by atoms with Crippen LogP contribution in [0.25, 0.3) is 10.9 Å². The van der Waals surface area contributed by atoms with E-state index in [9.17, 15) is 0 Å². The Hall–Kier alpha value is -1.28. The van der Waals surface area contributed by atoms with Crippen LogP contribution >= 0.6 is 11.6 Å². The number of hydrogen-bond donors (Lipinski definition) is 1. The van der Waals surface area contributed by atoms with Crippen LogP contribution in [0.5, 0.6) is 0 Å². The van der Waals surface area contributed by atoms with E-state index >= 15 is 0 Å². The van der Waals surface area contributed by atoms with E-state index in [2.05, 4.69) is 11.9 Å². The Labute approximate surface area is 100 Å². The molecule has 2 aromatic rings. The van der Waals surface area contributed by atoms with Crippen molar-refractivity contribution in [2.75, 3.05) is 5.73 Å². The Kier molecular flexibility index (Phi) is 3.01. The molecular formula is C13H15ClN2. The van der Waals surface area contributed by atoms with Crippen LogP contribution in [0, 0.1) is 6.92 Å². The lowest BCUT2D eigenvalue weighted by Gasteiger charge is -2.09. The summed E-state index contributed by atoms with van der Waals surface area (Å²) < 4.78 is 0. The third-order valence-electron chi connectivity index (χ3n) is 2.71. The van der Waals surface area contributed by atoms with E-state index < -0.39 is 0 Å². The first-order valence-corrected chi connectivity index (χ1v) is 5.85. The molecule has 0 fully saturated rings. The zero-order chi connectivity index (χ0) is 11.7. The molecule has 84 valence electrons. The highest BCUT2D eigenvalue weighted by atomic mass is 35.5. The number of fused-ring (bicyclic) bond motifs is 1. The van der Waals surface area contributed by atoms with Crippen molar-refractivity contribution in [3.63, 3.8) is 0 Å². The number of aryl methyl sites for hydroxylation is 2. The Bertz CT molecular complexity index is 535. The van der Waals surface area contributed by atoms with Crippen LogP contribution in [0.1, 0.15) is 24.6 Å². The largest absolute Gasteiger partial charge is 0.398 e. The van der Waals surface area contributed by atoms with Crippen LogP contribution in [-0.2, 0) is 6.42 Å². The second kappa shape index (κ2) is 4.30. The number of nitrogens with zero attached hydrogens (tertiary/aromatic N) is 1. The lowest BCUT2D eigenvalue weighted by Crippen LogP contribution is -1.97. The first-order valence-electron chi connectivity index (χ1n) is 5.47. The molecule has 2 rings (SSSR count). The third kappa shape index (κ3) is 1.85. The van der Waals surface area contributed by atoms with Gasteiger partial charge in [0.2, 0.25) is 0 Å². The molecule has 0 aliphatic carbocycles. The fourth-order valence-corrected chi connectivity index (χ4v) is 2.15. The predicted octanol–water partition coefficient (Wildman–Crippen LogP) is 3.73. The number of pyridine rings is 1. The minimum absolute atomic E-state index is 0.672. The van der Waals surface area contributed by atoms with Gasteiger partial charge in [0.15, 0.2) is 0 Å². The predicted molar refractivity (Wildman–Crippen MR) is 69.9 cm³/mol. The average molecular weight is 235 g/mol. The first kappa shape index (κ1) is 11.2. The van der Waals surface area contributed by atoms with E-state index in [-0.39, 0.29) is 0 Å². The van der Waals surface area contributed by atoms with E-state index in [4.69, 9.17) is 17.3 Å². The SMILES string of the molecule is CCCc1cc(N)c2c(C)ccc(Cl)c2n1. The molecular weight excluding hydrogens is 220 g/mol. The van der Waals surface area contributed by atoms with Crippen molar-refractivity contribution in [3.05, 3.63) is 34.5 Å². The Balaban J connectivity index is 2.76. The van der Waals surface area contributed by atoms with E-state index in [0.717, 1.165) is 40.7 Å².